The number of methoxy groups -OCH3 is 1. The van der Waals surface area contributed by atoms with E-state index < -0.39 is 5.97 Å². The molecule has 1 atom stereocenters. The number of nitrogens with one attached hydrogen (secondary N) is 2. The maximum Gasteiger partial charge on any atom is 0.354 e. The molecule has 0 aliphatic carbocycles. The molecular weight excluding hydrogens is 292 g/mol. The zero-order valence-electron chi connectivity index (χ0n) is 11.7. The number of aromatic amines is 1. The number of carbonyl (C=O) groups excluding carboxylic acids is 2. The standard InChI is InChI=1S/C13H16N4O3S/c1-7(4-14)11(18)17-13-16-10(6-21-13)8-3-9(15-5-8)12(19)20-2/h3,5-7,15H,4,14H2,1-2H3,(H,16,17,18). The Kier molecular flexibility index (Phi) is 4.71. The van der Waals surface area contributed by atoms with E-state index in [-0.39, 0.29) is 18.4 Å². The number of amides is 1. The smallest absolute Gasteiger partial charge is 0.354 e. The third-order valence-electron chi connectivity index (χ3n) is 2.92. The highest BCUT2D eigenvalue weighted by Gasteiger charge is 2.15. The molecule has 2 aromatic rings. The number of aromatic nitrogens is 2. The van der Waals surface area contributed by atoms with Gasteiger partial charge in [0, 0.05) is 29.6 Å². The summed E-state index contributed by atoms with van der Waals surface area (Å²) in [5.74, 6) is -0.875. The second-order valence-corrected chi connectivity index (χ2v) is 5.32. The average Bonchev–Trinajstić information content (AvgIpc) is 3.14. The molecule has 7 nitrogen and oxygen atoms in total. The maximum atomic E-state index is 11.7. The van der Waals surface area contributed by atoms with Gasteiger partial charge in [-0.25, -0.2) is 9.78 Å². The van der Waals surface area contributed by atoms with Crippen molar-refractivity contribution < 1.29 is 14.3 Å². The lowest BCUT2D eigenvalue weighted by Gasteiger charge is -2.06. The topological polar surface area (TPSA) is 110 Å². The second-order valence-electron chi connectivity index (χ2n) is 4.46. The first kappa shape index (κ1) is 15.2. The molecule has 112 valence electrons. The van der Waals surface area contributed by atoms with Crippen LogP contribution in [0.25, 0.3) is 11.3 Å². The van der Waals surface area contributed by atoms with E-state index in [1.807, 2.05) is 0 Å². The van der Waals surface area contributed by atoms with E-state index >= 15 is 0 Å². The average molecular weight is 308 g/mol. The Hall–Kier alpha value is -2.19. The molecule has 0 bridgehead atoms. The predicted molar refractivity (Wildman–Crippen MR) is 80.1 cm³/mol. The van der Waals surface area contributed by atoms with Gasteiger partial charge in [-0.3, -0.25) is 4.79 Å². The Balaban J connectivity index is 2.11. The Morgan fingerprint density at radius 2 is 2.33 bits per heavy atom. The molecule has 0 aliphatic rings. The van der Waals surface area contributed by atoms with Gasteiger partial charge in [-0.2, -0.15) is 0 Å². The van der Waals surface area contributed by atoms with Crippen LogP contribution < -0.4 is 11.1 Å². The predicted octanol–water partition coefficient (Wildman–Crippen LogP) is 1.46. The van der Waals surface area contributed by atoms with E-state index in [0.29, 0.717) is 16.5 Å². The summed E-state index contributed by atoms with van der Waals surface area (Å²) in [6, 6.07) is 1.65. The molecule has 0 saturated carbocycles. The first-order valence-corrected chi connectivity index (χ1v) is 7.16. The Morgan fingerprint density at radius 1 is 1.57 bits per heavy atom. The van der Waals surface area contributed by atoms with Crippen LogP contribution in [0.2, 0.25) is 0 Å². The maximum absolute atomic E-state index is 11.7. The van der Waals surface area contributed by atoms with Gasteiger partial charge in [-0.1, -0.05) is 6.92 Å². The first-order chi connectivity index (χ1) is 10.0. The molecule has 0 aromatic carbocycles. The Labute approximate surface area is 125 Å². The first-order valence-electron chi connectivity index (χ1n) is 6.28. The van der Waals surface area contributed by atoms with Crippen molar-refractivity contribution >= 4 is 28.3 Å². The lowest BCUT2D eigenvalue weighted by molar-refractivity contribution is -0.119. The summed E-state index contributed by atoms with van der Waals surface area (Å²) in [5, 5.41) is 5.01. The van der Waals surface area contributed by atoms with Crippen molar-refractivity contribution in [2.24, 2.45) is 11.7 Å². The summed E-state index contributed by atoms with van der Waals surface area (Å²) < 4.78 is 4.63. The molecule has 1 unspecified atom stereocenters. The molecular formula is C13H16N4O3S. The van der Waals surface area contributed by atoms with E-state index in [1.165, 1.54) is 18.4 Å². The van der Waals surface area contributed by atoms with E-state index in [9.17, 15) is 9.59 Å². The molecule has 21 heavy (non-hydrogen) atoms. The fourth-order valence-electron chi connectivity index (χ4n) is 1.57. The minimum atomic E-state index is -0.443. The monoisotopic (exact) mass is 308 g/mol. The van der Waals surface area contributed by atoms with Crippen molar-refractivity contribution in [3.63, 3.8) is 0 Å². The third-order valence-corrected chi connectivity index (χ3v) is 3.68. The highest BCUT2D eigenvalue weighted by Crippen LogP contribution is 2.25. The number of hydrogen-bond donors (Lipinski definition) is 3. The molecule has 0 saturated heterocycles. The molecule has 0 fully saturated rings. The van der Waals surface area contributed by atoms with Gasteiger partial charge >= 0.3 is 5.97 Å². The van der Waals surface area contributed by atoms with Gasteiger partial charge in [0.05, 0.1) is 12.8 Å². The van der Waals surface area contributed by atoms with Crippen LogP contribution >= 0.6 is 11.3 Å². The number of nitrogens with zero attached hydrogens (tertiary/aromatic N) is 1. The van der Waals surface area contributed by atoms with E-state index in [1.54, 1.807) is 24.6 Å². The van der Waals surface area contributed by atoms with E-state index in [0.717, 1.165) is 5.56 Å². The molecule has 0 aliphatic heterocycles. The normalized spacial score (nSPS) is 12.0. The van der Waals surface area contributed by atoms with Crippen LogP contribution in [0.1, 0.15) is 17.4 Å². The van der Waals surface area contributed by atoms with Crippen molar-refractivity contribution in [1.82, 2.24) is 9.97 Å². The second kappa shape index (κ2) is 6.51. The van der Waals surface area contributed by atoms with Crippen LogP contribution in [-0.4, -0.2) is 35.5 Å². The number of esters is 1. The van der Waals surface area contributed by atoms with Crippen molar-refractivity contribution in [1.29, 1.82) is 0 Å². The van der Waals surface area contributed by atoms with Gasteiger partial charge in [0.25, 0.3) is 0 Å². The summed E-state index contributed by atoms with van der Waals surface area (Å²) >= 11 is 1.31. The van der Waals surface area contributed by atoms with Crippen molar-refractivity contribution in [2.45, 2.75) is 6.92 Å². The third kappa shape index (κ3) is 3.47. The van der Waals surface area contributed by atoms with Crippen LogP contribution in [0.3, 0.4) is 0 Å². The quantitative estimate of drug-likeness (QED) is 0.724. The summed E-state index contributed by atoms with van der Waals surface area (Å²) in [6.45, 7) is 2.03. The number of thiazole rings is 1. The number of ether oxygens (including phenoxy) is 1. The molecule has 8 heteroatoms. The molecule has 2 rings (SSSR count). The summed E-state index contributed by atoms with van der Waals surface area (Å²) in [4.78, 5) is 30.2. The van der Waals surface area contributed by atoms with Gasteiger partial charge in [0.1, 0.15) is 5.69 Å². The summed E-state index contributed by atoms with van der Waals surface area (Å²) in [5.41, 5.74) is 7.21. The van der Waals surface area contributed by atoms with Crippen LogP contribution in [0.5, 0.6) is 0 Å². The van der Waals surface area contributed by atoms with Gasteiger partial charge in [0.2, 0.25) is 5.91 Å². The highest BCUT2D eigenvalue weighted by atomic mass is 32.1. The highest BCUT2D eigenvalue weighted by molar-refractivity contribution is 7.14. The van der Waals surface area contributed by atoms with Crippen molar-refractivity contribution in [3.05, 3.63) is 23.3 Å². The molecule has 4 N–H and O–H groups in total. The Bertz CT molecular complexity index is 649. The van der Waals surface area contributed by atoms with Gasteiger partial charge in [-0.15, -0.1) is 11.3 Å². The zero-order chi connectivity index (χ0) is 15.4. The van der Waals surface area contributed by atoms with Crippen LogP contribution in [0.4, 0.5) is 5.13 Å². The molecule has 2 aromatic heterocycles. The molecule has 2 heterocycles. The number of carbonyl (C=O) groups is 2. The fraction of sp³-hybridized carbons (Fsp3) is 0.308. The van der Waals surface area contributed by atoms with Crippen molar-refractivity contribution in [3.8, 4) is 11.3 Å². The molecule has 0 radical (unpaired) electrons. The minimum absolute atomic E-state index is 0.164. The SMILES string of the molecule is COC(=O)c1cc(-c2csc(NC(=O)C(C)CN)n2)c[nH]1. The molecule has 0 spiro atoms. The van der Waals surface area contributed by atoms with Gasteiger partial charge in [0.15, 0.2) is 5.13 Å². The fourth-order valence-corrected chi connectivity index (χ4v) is 2.29. The van der Waals surface area contributed by atoms with E-state index in [4.69, 9.17) is 5.73 Å². The van der Waals surface area contributed by atoms with Gasteiger partial charge in [-0.05, 0) is 6.07 Å². The van der Waals surface area contributed by atoms with Crippen LogP contribution in [0, 0.1) is 5.92 Å². The van der Waals surface area contributed by atoms with Crippen LogP contribution in [-0.2, 0) is 9.53 Å². The lowest BCUT2D eigenvalue weighted by atomic mass is 10.2. The lowest BCUT2D eigenvalue weighted by Crippen LogP contribution is -2.26. The number of anilines is 1. The van der Waals surface area contributed by atoms with Crippen molar-refractivity contribution in [2.75, 3.05) is 19.0 Å². The summed E-state index contributed by atoms with van der Waals surface area (Å²) in [7, 11) is 1.32. The summed E-state index contributed by atoms with van der Waals surface area (Å²) in [6.07, 6.45) is 1.66. The number of nitrogens with two attached hydrogens (primary N) is 1. The molecule has 1 amide bonds. The largest absolute Gasteiger partial charge is 0.464 e. The number of H-pyrrole nitrogens is 1. The van der Waals surface area contributed by atoms with Crippen LogP contribution in [0.15, 0.2) is 17.6 Å². The Morgan fingerprint density at radius 3 is 3.00 bits per heavy atom. The number of rotatable bonds is 5. The van der Waals surface area contributed by atoms with Gasteiger partial charge < -0.3 is 20.8 Å². The number of hydrogen-bond acceptors (Lipinski definition) is 6. The minimum Gasteiger partial charge on any atom is -0.464 e. The zero-order valence-corrected chi connectivity index (χ0v) is 12.5. The van der Waals surface area contributed by atoms with E-state index in [2.05, 4.69) is 20.0 Å².